The molecule has 3 aliphatic heterocycles. The zero-order chi connectivity index (χ0) is 24.9. The number of hydrogen-bond acceptors (Lipinski definition) is 2. The molecule has 3 aliphatic rings. The molecule has 2 nitrogen and oxygen atoms in total. The third-order valence-electron chi connectivity index (χ3n) is 8.03. The number of fused-ring (bicyclic) bond motifs is 1. The van der Waals surface area contributed by atoms with Crippen molar-refractivity contribution >= 4 is 57.2 Å². The summed E-state index contributed by atoms with van der Waals surface area (Å²) in [6.07, 6.45) is 0. The van der Waals surface area contributed by atoms with Crippen LogP contribution in [0, 0.1) is 0 Å². The highest BCUT2D eigenvalue weighted by Gasteiger charge is 2.48. The first kappa shape index (κ1) is 19.0. The van der Waals surface area contributed by atoms with E-state index in [0.29, 0.717) is 0 Å². The molecule has 0 spiro atoms. The van der Waals surface area contributed by atoms with Crippen molar-refractivity contribution in [3.63, 3.8) is 0 Å². The fourth-order valence-corrected chi connectivity index (χ4v) is 6.55. The first-order valence-electron chi connectivity index (χ1n) is 13.2. The lowest BCUT2D eigenvalue weighted by atomic mass is 9.35. The highest BCUT2D eigenvalue weighted by atomic mass is 15.2. The average Bonchev–Trinajstić information content (AvgIpc) is 3.26. The van der Waals surface area contributed by atoms with Crippen LogP contribution in [-0.2, 0) is 0 Å². The fourth-order valence-electron chi connectivity index (χ4n) is 6.55. The van der Waals surface area contributed by atoms with Gasteiger partial charge >= 0.3 is 0 Å². The Morgan fingerprint density at radius 1 is 0.556 bits per heavy atom. The Morgan fingerprint density at radius 2 is 1.03 bits per heavy atom. The molecule has 0 fully saturated rings. The SMILES string of the molecule is [2H]C(C)(C)c1cc2c3c(c1)N(c1ccccc1)c1cccc4c1B3c1c-4cccc1N2c1ccccc1. The monoisotopic (exact) mass is 461 g/mol. The van der Waals surface area contributed by atoms with Crippen LogP contribution < -0.4 is 26.2 Å². The summed E-state index contributed by atoms with van der Waals surface area (Å²) in [5, 5.41) is 0. The zero-order valence-corrected chi connectivity index (χ0v) is 20.4. The number of nitrogens with zero attached hydrogens (tertiary/aromatic N) is 2. The van der Waals surface area contributed by atoms with E-state index in [1.165, 1.54) is 50.3 Å². The third-order valence-corrected chi connectivity index (χ3v) is 8.03. The molecule has 8 rings (SSSR count). The van der Waals surface area contributed by atoms with Crippen molar-refractivity contribution in [2.45, 2.75) is 19.7 Å². The van der Waals surface area contributed by atoms with E-state index in [4.69, 9.17) is 1.37 Å². The molecule has 5 aromatic carbocycles. The van der Waals surface area contributed by atoms with E-state index in [1.807, 2.05) is 13.8 Å². The Morgan fingerprint density at radius 3 is 1.47 bits per heavy atom. The lowest BCUT2D eigenvalue weighted by molar-refractivity contribution is 0.866. The number of benzene rings is 5. The van der Waals surface area contributed by atoms with E-state index in [1.54, 1.807) is 0 Å². The molecule has 3 heteroatoms. The highest BCUT2D eigenvalue weighted by Crippen LogP contribution is 2.48. The molecule has 0 aliphatic carbocycles. The van der Waals surface area contributed by atoms with Gasteiger partial charge in [0.15, 0.2) is 0 Å². The van der Waals surface area contributed by atoms with Crippen molar-refractivity contribution in [1.29, 1.82) is 0 Å². The predicted octanol–water partition coefficient (Wildman–Crippen LogP) is 6.87. The van der Waals surface area contributed by atoms with Crippen LogP contribution in [0.15, 0.2) is 109 Å². The smallest absolute Gasteiger partial charge is 0.253 e. The highest BCUT2D eigenvalue weighted by molar-refractivity contribution is 7.03. The summed E-state index contributed by atoms with van der Waals surface area (Å²) in [6.45, 7) is 4.16. The van der Waals surface area contributed by atoms with Crippen molar-refractivity contribution in [2.24, 2.45) is 0 Å². The summed E-state index contributed by atoms with van der Waals surface area (Å²) in [7, 11) is 0. The summed E-state index contributed by atoms with van der Waals surface area (Å²) in [5.41, 5.74) is 14.9. The van der Waals surface area contributed by atoms with Crippen LogP contribution in [-0.4, -0.2) is 6.71 Å². The number of rotatable bonds is 3. The van der Waals surface area contributed by atoms with Crippen LogP contribution in [0.5, 0.6) is 0 Å². The van der Waals surface area contributed by atoms with Gasteiger partial charge in [-0.25, -0.2) is 0 Å². The van der Waals surface area contributed by atoms with Gasteiger partial charge in [0.25, 0.3) is 6.71 Å². The second-order valence-corrected chi connectivity index (χ2v) is 10.2. The predicted molar refractivity (Wildman–Crippen MR) is 154 cm³/mol. The van der Waals surface area contributed by atoms with E-state index in [-0.39, 0.29) is 6.71 Å². The average molecular weight is 461 g/mol. The van der Waals surface area contributed by atoms with E-state index < -0.39 is 5.89 Å². The van der Waals surface area contributed by atoms with E-state index in [9.17, 15) is 0 Å². The molecule has 0 unspecified atom stereocenters. The van der Waals surface area contributed by atoms with Gasteiger partial charge in [-0.15, -0.1) is 0 Å². The Hall–Kier alpha value is -4.24. The van der Waals surface area contributed by atoms with Gasteiger partial charge < -0.3 is 9.80 Å². The molecule has 0 amide bonds. The largest absolute Gasteiger partial charge is 0.311 e. The molecule has 0 aromatic heterocycles. The van der Waals surface area contributed by atoms with Gasteiger partial charge in [-0.05, 0) is 87.5 Å². The summed E-state index contributed by atoms with van der Waals surface area (Å²) in [4.78, 5) is 4.84. The summed E-state index contributed by atoms with van der Waals surface area (Å²) in [6, 6.07) is 39.4. The van der Waals surface area contributed by atoms with E-state index in [0.717, 1.165) is 16.9 Å². The first-order chi connectivity index (χ1) is 18.0. The molecular weight excluding hydrogens is 435 g/mol. The normalized spacial score (nSPS) is 14.6. The van der Waals surface area contributed by atoms with Crippen LogP contribution in [0.2, 0.25) is 0 Å². The summed E-state index contributed by atoms with van der Waals surface area (Å²) >= 11 is 0. The maximum Gasteiger partial charge on any atom is 0.253 e. The first-order valence-corrected chi connectivity index (χ1v) is 12.7. The molecule has 0 bridgehead atoms. The minimum Gasteiger partial charge on any atom is -0.311 e. The Kier molecular flexibility index (Phi) is 3.77. The maximum atomic E-state index is 9.03. The number of para-hydroxylation sites is 2. The number of anilines is 6. The molecule has 36 heavy (non-hydrogen) atoms. The van der Waals surface area contributed by atoms with E-state index >= 15 is 0 Å². The van der Waals surface area contributed by atoms with Gasteiger partial charge in [0.05, 0.1) is 0 Å². The maximum absolute atomic E-state index is 9.03. The molecular formula is C33H25BN2. The van der Waals surface area contributed by atoms with E-state index in [2.05, 4.69) is 119 Å². The van der Waals surface area contributed by atoms with Crippen LogP contribution in [0.3, 0.4) is 0 Å². The molecule has 3 heterocycles. The lowest BCUT2D eigenvalue weighted by Gasteiger charge is -2.43. The van der Waals surface area contributed by atoms with Crippen molar-refractivity contribution in [3.8, 4) is 11.1 Å². The zero-order valence-electron chi connectivity index (χ0n) is 21.4. The second kappa shape index (κ2) is 7.14. The molecule has 0 saturated heterocycles. The van der Waals surface area contributed by atoms with Crippen LogP contribution in [0.25, 0.3) is 11.1 Å². The summed E-state index contributed by atoms with van der Waals surface area (Å²) in [5.74, 6) is -0.740. The Labute approximate surface area is 213 Å². The lowest BCUT2D eigenvalue weighted by Crippen LogP contribution is -2.59. The quantitative estimate of drug-likeness (QED) is 0.265. The van der Waals surface area contributed by atoms with Crippen molar-refractivity contribution < 1.29 is 1.37 Å². The Balaban J connectivity index is 1.56. The van der Waals surface area contributed by atoms with Gasteiger partial charge in [0, 0.05) is 35.5 Å². The second-order valence-electron chi connectivity index (χ2n) is 10.2. The molecule has 0 saturated carbocycles. The van der Waals surface area contributed by atoms with Gasteiger partial charge in [0.2, 0.25) is 0 Å². The third kappa shape index (κ3) is 2.47. The van der Waals surface area contributed by atoms with Crippen LogP contribution in [0.1, 0.15) is 26.7 Å². The molecule has 170 valence electrons. The molecule has 0 N–H and O–H groups in total. The van der Waals surface area contributed by atoms with Crippen molar-refractivity contribution in [3.05, 3.63) is 115 Å². The minimum atomic E-state index is -0.740. The minimum absolute atomic E-state index is 0.185. The van der Waals surface area contributed by atoms with Gasteiger partial charge in [-0.1, -0.05) is 74.5 Å². The molecule has 0 radical (unpaired) electrons. The van der Waals surface area contributed by atoms with Crippen LogP contribution in [0.4, 0.5) is 34.1 Å². The van der Waals surface area contributed by atoms with Gasteiger partial charge in [-0.3, -0.25) is 0 Å². The molecule has 0 atom stereocenters. The topological polar surface area (TPSA) is 6.48 Å². The van der Waals surface area contributed by atoms with Gasteiger partial charge in [0.1, 0.15) is 0 Å². The standard InChI is InChI=1S/C33H25BN2/c1-21(2)22-19-29-33-30(20-22)36(24-13-7-4-8-14-24)28-18-10-16-26-25-15-9-17-27(31(25)34(33)32(26)28)35(29)23-11-5-3-6-12-23/h3-21H,1-2H3/i21D. The van der Waals surface area contributed by atoms with Crippen molar-refractivity contribution in [2.75, 3.05) is 9.80 Å². The number of hydrogen-bond donors (Lipinski definition) is 0. The Bertz CT molecular complexity index is 1610. The van der Waals surface area contributed by atoms with Crippen LogP contribution >= 0.6 is 0 Å². The fraction of sp³-hybridized carbons (Fsp3) is 0.0909. The van der Waals surface area contributed by atoms with Gasteiger partial charge in [-0.2, -0.15) is 0 Å². The van der Waals surface area contributed by atoms with Crippen molar-refractivity contribution in [1.82, 2.24) is 0 Å². The molecule has 5 aromatic rings. The summed E-state index contributed by atoms with van der Waals surface area (Å²) < 4.78 is 9.03.